The maximum absolute atomic E-state index is 12.5. The fourth-order valence-electron chi connectivity index (χ4n) is 2.25. The highest BCUT2D eigenvalue weighted by Crippen LogP contribution is 2.24. The van der Waals surface area contributed by atoms with Crippen LogP contribution in [0.4, 0.5) is 5.69 Å². The first-order chi connectivity index (χ1) is 11.9. The number of hydrogen-bond acceptors (Lipinski definition) is 4. The molecule has 0 saturated heterocycles. The van der Waals surface area contributed by atoms with Crippen LogP contribution in [-0.2, 0) is 9.53 Å². The number of ether oxygens (including phenoxy) is 2. The lowest BCUT2D eigenvalue weighted by molar-refractivity contribution is -0.122. The number of methoxy groups -OCH3 is 1. The fourth-order valence-corrected chi connectivity index (χ4v) is 2.42. The van der Waals surface area contributed by atoms with Crippen LogP contribution >= 0.6 is 11.6 Å². The summed E-state index contributed by atoms with van der Waals surface area (Å²) in [5.74, 6) is -0.223. The Hall–Kier alpha value is -2.53. The van der Waals surface area contributed by atoms with Gasteiger partial charge in [-0.1, -0.05) is 30.7 Å². The van der Waals surface area contributed by atoms with E-state index in [1.165, 1.54) is 25.3 Å². The van der Waals surface area contributed by atoms with E-state index >= 15 is 0 Å². The summed E-state index contributed by atoms with van der Waals surface area (Å²) in [6, 6.07) is 12.0. The number of amides is 1. The molecule has 1 atom stereocenters. The van der Waals surface area contributed by atoms with Crippen LogP contribution < -0.4 is 10.1 Å². The van der Waals surface area contributed by atoms with Gasteiger partial charge < -0.3 is 14.8 Å². The summed E-state index contributed by atoms with van der Waals surface area (Å²) in [7, 11) is 1.29. The van der Waals surface area contributed by atoms with E-state index in [1.807, 2.05) is 32.0 Å². The van der Waals surface area contributed by atoms with Crippen molar-refractivity contribution in [1.82, 2.24) is 0 Å². The molecule has 5 nitrogen and oxygen atoms in total. The highest BCUT2D eigenvalue weighted by Gasteiger charge is 2.20. The number of aryl methyl sites for hydroxylation is 1. The monoisotopic (exact) mass is 361 g/mol. The van der Waals surface area contributed by atoms with Gasteiger partial charge in [-0.15, -0.1) is 0 Å². The molecular weight excluding hydrogens is 342 g/mol. The zero-order valence-electron chi connectivity index (χ0n) is 14.3. The number of halogens is 1. The fraction of sp³-hybridized carbons (Fsp3) is 0.263. The molecule has 132 valence electrons. The zero-order chi connectivity index (χ0) is 18.4. The van der Waals surface area contributed by atoms with E-state index in [2.05, 4.69) is 10.1 Å². The first kappa shape index (κ1) is 18.8. The number of esters is 1. The molecule has 0 bridgehead atoms. The standard InChI is InChI=1S/C19H20ClNO4/c1-4-17(25-14-7-5-6-12(2)10-14)18(22)21-16-11-13(19(23)24-3)8-9-15(16)20/h5-11,17H,4H2,1-3H3,(H,21,22)/t17-/m0/s1. The van der Waals surface area contributed by atoms with E-state index in [0.717, 1.165) is 5.56 Å². The van der Waals surface area contributed by atoms with Crippen molar-refractivity contribution >= 4 is 29.2 Å². The molecular formula is C19H20ClNO4. The van der Waals surface area contributed by atoms with E-state index in [1.54, 1.807) is 6.07 Å². The van der Waals surface area contributed by atoms with Gasteiger partial charge in [-0.3, -0.25) is 4.79 Å². The Labute approximate surface area is 151 Å². The molecule has 0 spiro atoms. The Morgan fingerprint density at radius 1 is 1.20 bits per heavy atom. The Morgan fingerprint density at radius 3 is 2.60 bits per heavy atom. The summed E-state index contributed by atoms with van der Waals surface area (Å²) in [5.41, 5.74) is 1.68. The molecule has 1 N–H and O–H groups in total. The molecule has 1 amide bonds. The predicted molar refractivity (Wildman–Crippen MR) is 97.3 cm³/mol. The second-order valence-electron chi connectivity index (χ2n) is 5.51. The third kappa shape index (κ3) is 4.97. The smallest absolute Gasteiger partial charge is 0.337 e. The molecule has 0 unspecified atom stereocenters. The van der Waals surface area contributed by atoms with E-state index in [4.69, 9.17) is 16.3 Å². The largest absolute Gasteiger partial charge is 0.481 e. The lowest BCUT2D eigenvalue weighted by atomic mass is 10.2. The summed E-state index contributed by atoms with van der Waals surface area (Å²) in [6.45, 7) is 3.80. The second-order valence-corrected chi connectivity index (χ2v) is 5.91. The molecule has 0 aliphatic rings. The van der Waals surface area contributed by atoms with E-state index in [9.17, 15) is 9.59 Å². The number of hydrogen-bond donors (Lipinski definition) is 1. The number of anilines is 1. The average Bonchev–Trinajstić information content (AvgIpc) is 2.60. The minimum atomic E-state index is -0.681. The van der Waals surface area contributed by atoms with Crippen molar-refractivity contribution in [2.75, 3.05) is 12.4 Å². The zero-order valence-corrected chi connectivity index (χ0v) is 15.1. The predicted octanol–water partition coefficient (Wildman–Crippen LogP) is 4.23. The van der Waals surface area contributed by atoms with E-state index < -0.39 is 12.1 Å². The van der Waals surface area contributed by atoms with Crippen molar-refractivity contribution in [2.24, 2.45) is 0 Å². The molecule has 2 rings (SSSR count). The van der Waals surface area contributed by atoms with Gasteiger partial charge in [-0.25, -0.2) is 4.79 Å². The van der Waals surface area contributed by atoms with Crippen LogP contribution in [-0.4, -0.2) is 25.1 Å². The van der Waals surface area contributed by atoms with Crippen molar-refractivity contribution in [3.05, 3.63) is 58.6 Å². The lowest BCUT2D eigenvalue weighted by Gasteiger charge is -2.18. The van der Waals surface area contributed by atoms with Crippen molar-refractivity contribution in [2.45, 2.75) is 26.4 Å². The SMILES string of the molecule is CC[C@H](Oc1cccc(C)c1)C(=O)Nc1cc(C(=O)OC)ccc1Cl. The van der Waals surface area contributed by atoms with Crippen molar-refractivity contribution in [3.8, 4) is 5.75 Å². The Bertz CT molecular complexity index is 776. The number of carbonyl (C=O) groups excluding carboxylic acids is 2. The van der Waals surface area contributed by atoms with E-state index in [-0.39, 0.29) is 5.91 Å². The highest BCUT2D eigenvalue weighted by molar-refractivity contribution is 6.33. The highest BCUT2D eigenvalue weighted by atomic mass is 35.5. The third-order valence-electron chi connectivity index (χ3n) is 3.58. The topological polar surface area (TPSA) is 64.6 Å². The first-order valence-corrected chi connectivity index (χ1v) is 8.24. The number of nitrogens with one attached hydrogen (secondary N) is 1. The molecule has 0 fully saturated rings. The molecule has 2 aromatic rings. The normalized spacial score (nSPS) is 11.5. The minimum absolute atomic E-state index is 0.301. The Balaban J connectivity index is 2.15. The first-order valence-electron chi connectivity index (χ1n) is 7.86. The minimum Gasteiger partial charge on any atom is -0.481 e. The number of rotatable bonds is 6. The van der Waals surface area contributed by atoms with Gasteiger partial charge in [0.2, 0.25) is 0 Å². The van der Waals surface area contributed by atoms with Crippen molar-refractivity contribution < 1.29 is 19.1 Å². The van der Waals surface area contributed by atoms with Crippen LogP contribution in [0.5, 0.6) is 5.75 Å². The molecule has 0 aliphatic heterocycles. The maximum Gasteiger partial charge on any atom is 0.337 e. The molecule has 2 aromatic carbocycles. The molecule has 6 heteroatoms. The van der Waals surface area contributed by atoms with Crippen LogP contribution in [0.3, 0.4) is 0 Å². The summed E-state index contributed by atoms with van der Waals surface area (Å²) < 4.78 is 10.4. The van der Waals surface area contributed by atoms with Gasteiger partial charge in [0.05, 0.1) is 23.4 Å². The number of carbonyl (C=O) groups is 2. The summed E-state index contributed by atoms with van der Waals surface area (Å²) in [6.07, 6.45) is -0.201. The average molecular weight is 362 g/mol. The molecule has 0 aromatic heterocycles. The van der Waals surface area contributed by atoms with Crippen LogP contribution in [0.1, 0.15) is 29.3 Å². The van der Waals surface area contributed by atoms with Crippen molar-refractivity contribution in [1.29, 1.82) is 0 Å². The van der Waals surface area contributed by atoms with Gasteiger partial charge in [0, 0.05) is 0 Å². The third-order valence-corrected chi connectivity index (χ3v) is 3.91. The Kier molecular flexibility index (Phi) is 6.42. The quantitative estimate of drug-likeness (QED) is 0.782. The van der Waals surface area contributed by atoms with Crippen LogP contribution in [0.25, 0.3) is 0 Å². The van der Waals surface area contributed by atoms with Gasteiger partial charge >= 0.3 is 5.97 Å². The summed E-state index contributed by atoms with van der Waals surface area (Å²) in [5, 5.41) is 3.04. The molecule has 0 radical (unpaired) electrons. The summed E-state index contributed by atoms with van der Waals surface area (Å²) >= 11 is 6.11. The summed E-state index contributed by atoms with van der Waals surface area (Å²) in [4.78, 5) is 24.1. The van der Waals surface area contributed by atoms with Gasteiger partial charge in [-0.2, -0.15) is 0 Å². The van der Waals surface area contributed by atoms with Crippen LogP contribution in [0, 0.1) is 6.92 Å². The molecule has 25 heavy (non-hydrogen) atoms. The molecule has 0 aliphatic carbocycles. The maximum atomic E-state index is 12.5. The Morgan fingerprint density at radius 2 is 1.96 bits per heavy atom. The molecule has 0 saturated carbocycles. The lowest BCUT2D eigenvalue weighted by Crippen LogP contribution is -2.32. The van der Waals surface area contributed by atoms with Gasteiger partial charge in [0.15, 0.2) is 6.10 Å². The molecule has 0 heterocycles. The van der Waals surface area contributed by atoms with E-state index in [0.29, 0.717) is 28.4 Å². The number of benzene rings is 2. The second kappa shape index (κ2) is 8.53. The van der Waals surface area contributed by atoms with Crippen molar-refractivity contribution in [3.63, 3.8) is 0 Å². The van der Waals surface area contributed by atoms with Gasteiger partial charge in [-0.05, 0) is 49.2 Å². The van der Waals surface area contributed by atoms with Gasteiger partial charge in [0.1, 0.15) is 5.75 Å². The van der Waals surface area contributed by atoms with Crippen LogP contribution in [0.2, 0.25) is 5.02 Å². The van der Waals surface area contributed by atoms with Gasteiger partial charge in [0.25, 0.3) is 5.91 Å². The van der Waals surface area contributed by atoms with Crippen LogP contribution in [0.15, 0.2) is 42.5 Å².